The molecule has 1 aliphatic carbocycles. The molecule has 3 atom stereocenters. The van der Waals surface area contributed by atoms with E-state index in [0.29, 0.717) is 10.6 Å². The molecule has 2 N–H and O–H groups in total. The van der Waals surface area contributed by atoms with E-state index < -0.39 is 0 Å². The molecule has 4 aromatic rings. The molecule has 2 aromatic heterocycles. The molecule has 1 fully saturated rings. The molecule has 2 amide bonds. The third-order valence-electron chi connectivity index (χ3n) is 6.03. The van der Waals surface area contributed by atoms with Crippen molar-refractivity contribution in [1.29, 1.82) is 0 Å². The van der Waals surface area contributed by atoms with Crippen molar-refractivity contribution in [3.63, 3.8) is 0 Å². The maximum Gasteiger partial charge on any atom is 0.268 e. The molecule has 0 aliphatic heterocycles. The number of nitrogens with zero attached hydrogens (tertiary/aromatic N) is 2. The Bertz CT molecular complexity index is 1300. The standard InChI is InChI=1S/C25H23FN4O2S/c1-14(21-11-12-22(33-21)25(32)30(2)16-9-7-15(26)8-10-16)27-24(31)18-13-17(18)23-28-19-5-3-4-6-20(19)29-23/h3-12,14,17-18H,13H2,1-2H3,(H,27,31)(H,28,29). The molecule has 5 rings (SSSR count). The number of anilines is 1. The van der Waals surface area contributed by atoms with Crippen LogP contribution in [0.5, 0.6) is 0 Å². The summed E-state index contributed by atoms with van der Waals surface area (Å²) in [7, 11) is 1.66. The predicted molar refractivity (Wildman–Crippen MR) is 127 cm³/mol. The van der Waals surface area contributed by atoms with Gasteiger partial charge < -0.3 is 15.2 Å². The van der Waals surface area contributed by atoms with Gasteiger partial charge in [0.1, 0.15) is 11.6 Å². The third-order valence-corrected chi connectivity index (χ3v) is 7.28. The molecular weight excluding hydrogens is 439 g/mol. The maximum atomic E-state index is 13.2. The molecule has 2 heterocycles. The van der Waals surface area contributed by atoms with Crippen molar-refractivity contribution in [2.45, 2.75) is 25.3 Å². The minimum absolute atomic E-state index is 0.00216. The average Bonchev–Trinajstić information content (AvgIpc) is 3.26. The molecule has 6 nitrogen and oxygen atoms in total. The van der Waals surface area contributed by atoms with Gasteiger partial charge in [0, 0.05) is 29.4 Å². The van der Waals surface area contributed by atoms with Gasteiger partial charge >= 0.3 is 0 Å². The SMILES string of the molecule is CC(NC(=O)C1CC1c1nc2ccccc2[nH]1)c1ccc(C(=O)N(C)c2ccc(F)cc2)s1. The lowest BCUT2D eigenvalue weighted by atomic mass is 10.2. The Balaban J connectivity index is 1.21. The van der Waals surface area contributed by atoms with Crippen molar-refractivity contribution in [1.82, 2.24) is 15.3 Å². The summed E-state index contributed by atoms with van der Waals surface area (Å²) in [5.41, 5.74) is 2.50. The lowest BCUT2D eigenvalue weighted by Gasteiger charge is -2.16. The summed E-state index contributed by atoms with van der Waals surface area (Å²) in [6.07, 6.45) is 0.773. The number of aromatic amines is 1. The zero-order chi connectivity index (χ0) is 23.1. The van der Waals surface area contributed by atoms with Gasteiger partial charge in [-0.1, -0.05) is 12.1 Å². The number of benzene rings is 2. The van der Waals surface area contributed by atoms with E-state index in [2.05, 4.69) is 15.3 Å². The lowest BCUT2D eigenvalue weighted by Crippen LogP contribution is -2.28. The summed E-state index contributed by atoms with van der Waals surface area (Å²) in [5, 5.41) is 3.07. The highest BCUT2D eigenvalue weighted by Gasteiger charge is 2.46. The maximum absolute atomic E-state index is 13.2. The molecule has 0 radical (unpaired) electrons. The number of carbonyl (C=O) groups is 2. The molecular formula is C25H23FN4O2S. The van der Waals surface area contributed by atoms with Crippen LogP contribution >= 0.6 is 11.3 Å². The zero-order valence-electron chi connectivity index (χ0n) is 18.2. The van der Waals surface area contributed by atoms with Crippen molar-refractivity contribution in [2.75, 3.05) is 11.9 Å². The Hall–Kier alpha value is -3.52. The van der Waals surface area contributed by atoms with Crippen LogP contribution in [0, 0.1) is 11.7 Å². The first-order chi connectivity index (χ1) is 15.9. The predicted octanol–water partition coefficient (Wildman–Crippen LogP) is 5.02. The van der Waals surface area contributed by atoms with E-state index >= 15 is 0 Å². The number of imidazole rings is 1. The van der Waals surface area contributed by atoms with Gasteiger partial charge in [-0.3, -0.25) is 9.59 Å². The van der Waals surface area contributed by atoms with Crippen LogP contribution in [0.15, 0.2) is 60.7 Å². The van der Waals surface area contributed by atoms with Gasteiger partial charge in [0.25, 0.3) is 5.91 Å². The fourth-order valence-corrected chi connectivity index (χ4v) is 4.96. The van der Waals surface area contributed by atoms with Crippen LogP contribution in [-0.4, -0.2) is 28.8 Å². The Labute approximate surface area is 194 Å². The first-order valence-electron chi connectivity index (χ1n) is 10.8. The number of carbonyl (C=O) groups excluding carboxylic acids is 2. The fourth-order valence-electron chi connectivity index (χ4n) is 3.97. The molecule has 168 valence electrons. The first kappa shape index (κ1) is 21.3. The lowest BCUT2D eigenvalue weighted by molar-refractivity contribution is -0.123. The van der Waals surface area contributed by atoms with E-state index in [0.717, 1.165) is 28.2 Å². The summed E-state index contributed by atoms with van der Waals surface area (Å²) in [6, 6.07) is 17.1. The number of amides is 2. The first-order valence-corrected chi connectivity index (χ1v) is 11.6. The number of halogens is 1. The molecule has 3 unspecified atom stereocenters. The quantitative estimate of drug-likeness (QED) is 0.422. The van der Waals surface area contributed by atoms with Crippen LogP contribution in [0.1, 0.15) is 45.7 Å². The van der Waals surface area contributed by atoms with E-state index in [4.69, 9.17) is 0 Å². The molecule has 0 bridgehead atoms. The summed E-state index contributed by atoms with van der Waals surface area (Å²) >= 11 is 1.35. The minimum Gasteiger partial charge on any atom is -0.349 e. The number of H-pyrrole nitrogens is 1. The van der Waals surface area contributed by atoms with Gasteiger partial charge in [-0.2, -0.15) is 0 Å². The van der Waals surface area contributed by atoms with Crippen LogP contribution in [-0.2, 0) is 4.79 Å². The summed E-state index contributed by atoms with van der Waals surface area (Å²) in [6.45, 7) is 1.92. The number of thiophene rings is 1. The Kier molecular flexibility index (Phi) is 5.46. The topological polar surface area (TPSA) is 78.1 Å². The van der Waals surface area contributed by atoms with E-state index in [1.807, 2.05) is 37.3 Å². The van der Waals surface area contributed by atoms with Crippen molar-refractivity contribution < 1.29 is 14.0 Å². The molecule has 0 spiro atoms. The van der Waals surface area contributed by atoms with E-state index in [-0.39, 0.29) is 35.5 Å². The Morgan fingerprint density at radius 1 is 1.15 bits per heavy atom. The monoisotopic (exact) mass is 462 g/mol. The summed E-state index contributed by atoms with van der Waals surface area (Å²) in [4.78, 5) is 36.5. The van der Waals surface area contributed by atoms with Gasteiger partial charge in [0.15, 0.2) is 0 Å². The molecule has 2 aromatic carbocycles. The normalized spacial score (nSPS) is 18.2. The van der Waals surface area contributed by atoms with Gasteiger partial charge in [0.2, 0.25) is 5.91 Å². The number of fused-ring (bicyclic) bond motifs is 1. The van der Waals surface area contributed by atoms with Gasteiger partial charge in [-0.25, -0.2) is 9.37 Å². The Morgan fingerprint density at radius 2 is 1.91 bits per heavy atom. The molecule has 33 heavy (non-hydrogen) atoms. The average molecular weight is 463 g/mol. The van der Waals surface area contributed by atoms with Crippen LogP contribution in [0.25, 0.3) is 11.0 Å². The second-order valence-electron chi connectivity index (χ2n) is 8.36. The van der Waals surface area contributed by atoms with E-state index in [1.165, 1.54) is 28.4 Å². The molecule has 1 saturated carbocycles. The van der Waals surface area contributed by atoms with Crippen LogP contribution < -0.4 is 10.2 Å². The Morgan fingerprint density at radius 3 is 2.67 bits per heavy atom. The van der Waals surface area contributed by atoms with Gasteiger partial charge in [-0.05, 0) is 61.9 Å². The number of hydrogen-bond acceptors (Lipinski definition) is 4. The van der Waals surface area contributed by atoms with Crippen molar-refractivity contribution >= 4 is 39.9 Å². The van der Waals surface area contributed by atoms with Crippen molar-refractivity contribution in [3.05, 3.63) is 82.1 Å². The van der Waals surface area contributed by atoms with Crippen LogP contribution in [0.4, 0.5) is 10.1 Å². The third kappa shape index (κ3) is 4.26. The molecule has 8 heteroatoms. The highest BCUT2D eigenvalue weighted by Crippen LogP contribution is 2.47. The highest BCUT2D eigenvalue weighted by molar-refractivity contribution is 7.14. The van der Waals surface area contributed by atoms with E-state index in [1.54, 1.807) is 25.2 Å². The molecule has 0 saturated heterocycles. The number of aromatic nitrogens is 2. The van der Waals surface area contributed by atoms with Crippen LogP contribution in [0.3, 0.4) is 0 Å². The largest absolute Gasteiger partial charge is 0.349 e. The summed E-state index contributed by atoms with van der Waals surface area (Å²) in [5.74, 6) is 0.340. The zero-order valence-corrected chi connectivity index (χ0v) is 19.0. The van der Waals surface area contributed by atoms with Gasteiger partial charge in [-0.15, -0.1) is 11.3 Å². The number of hydrogen-bond donors (Lipinski definition) is 2. The smallest absolute Gasteiger partial charge is 0.268 e. The molecule has 1 aliphatic rings. The van der Waals surface area contributed by atoms with Crippen LogP contribution in [0.2, 0.25) is 0 Å². The van der Waals surface area contributed by atoms with Crippen molar-refractivity contribution in [3.8, 4) is 0 Å². The highest BCUT2D eigenvalue weighted by atomic mass is 32.1. The fraction of sp³-hybridized carbons (Fsp3) is 0.240. The summed E-state index contributed by atoms with van der Waals surface area (Å²) < 4.78 is 13.2. The second-order valence-corrected chi connectivity index (χ2v) is 9.48. The van der Waals surface area contributed by atoms with Crippen molar-refractivity contribution in [2.24, 2.45) is 5.92 Å². The number of para-hydroxylation sites is 2. The minimum atomic E-state index is -0.346. The van der Waals surface area contributed by atoms with Gasteiger partial charge in [0.05, 0.1) is 22.0 Å². The van der Waals surface area contributed by atoms with E-state index in [9.17, 15) is 14.0 Å². The second kappa shape index (κ2) is 8.44. The number of nitrogens with one attached hydrogen (secondary N) is 2. The number of rotatable bonds is 6.